The van der Waals surface area contributed by atoms with Gasteiger partial charge in [0.1, 0.15) is 12.4 Å². The Morgan fingerprint density at radius 2 is 1.59 bits per heavy atom. The summed E-state index contributed by atoms with van der Waals surface area (Å²) in [6.07, 6.45) is 0. The van der Waals surface area contributed by atoms with Crippen LogP contribution >= 0.6 is 23.2 Å². The molecule has 32 heavy (non-hydrogen) atoms. The second-order valence-electron chi connectivity index (χ2n) is 7.14. The zero-order chi connectivity index (χ0) is 23.3. The Labute approximate surface area is 196 Å². The highest BCUT2D eigenvalue weighted by molar-refractivity contribution is 6.26. The normalized spacial score (nSPS) is 13.1. The van der Waals surface area contributed by atoms with Crippen molar-refractivity contribution in [2.75, 3.05) is 43.5 Å². The van der Waals surface area contributed by atoms with Crippen molar-refractivity contribution in [1.29, 1.82) is 0 Å². The van der Waals surface area contributed by atoms with E-state index in [0.717, 1.165) is 5.69 Å². The number of ether oxygens (including phenoxy) is 2. The van der Waals surface area contributed by atoms with Crippen LogP contribution in [0.25, 0.3) is 0 Å². The Morgan fingerprint density at radius 1 is 0.969 bits per heavy atom. The summed E-state index contributed by atoms with van der Waals surface area (Å²) in [6, 6.07) is 11.5. The molecule has 0 aromatic heterocycles. The summed E-state index contributed by atoms with van der Waals surface area (Å²) in [5.41, 5.74) is 2.17. The lowest BCUT2D eigenvalue weighted by molar-refractivity contribution is 0.0533. The minimum Gasteiger partial charge on any atom is -0.495 e. The number of anilines is 1. The van der Waals surface area contributed by atoms with E-state index in [1.165, 1.54) is 7.11 Å². The van der Waals surface area contributed by atoms with Gasteiger partial charge in [-0.05, 0) is 25.1 Å². The number of hydrogen-bond acceptors (Lipinski definition) is 6. The molecule has 3 rings (SSSR count). The molecule has 0 atom stereocenters. The Kier molecular flexibility index (Phi) is 7.94. The second kappa shape index (κ2) is 10.7. The van der Waals surface area contributed by atoms with Crippen molar-refractivity contribution >= 4 is 46.4 Å². The molecule has 0 unspecified atom stereocenters. The number of Topliss-reactive ketones (excluding diaryl/α,β-unsaturated/α-hetero) is 2. The first kappa shape index (κ1) is 23.8. The molecule has 0 aliphatic heterocycles. The van der Waals surface area contributed by atoms with Crippen LogP contribution in [0.2, 0.25) is 0 Å². The molecule has 0 bridgehead atoms. The highest BCUT2D eigenvalue weighted by atomic mass is 35.5. The monoisotopic (exact) mass is 475 g/mol. The number of allylic oxidation sites excluding steroid dienone is 1. The van der Waals surface area contributed by atoms with Gasteiger partial charge < -0.3 is 14.4 Å². The number of hydrogen-bond donors (Lipinski definition) is 0. The molecule has 0 radical (unpaired) electrons. The predicted octanol–water partition coefficient (Wildman–Crippen LogP) is 4.53. The van der Waals surface area contributed by atoms with Gasteiger partial charge in [0.05, 0.1) is 18.4 Å². The van der Waals surface area contributed by atoms with Gasteiger partial charge >= 0.3 is 5.97 Å². The number of methoxy groups -OCH3 is 1. The minimum absolute atomic E-state index is 0.182. The van der Waals surface area contributed by atoms with E-state index in [4.69, 9.17) is 32.7 Å². The fourth-order valence-corrected chi connectivity index (χ4v) is 3.98. The van der Waals surface area contributed by atoms with Crippen LogP contribution in [0.15, 0.2) is 53.6 Å². The molecule has 0 saturated heterocycles. The maximum absolute atomic E-state index is 12.8. The van der Waals surface area contributed by atoms with Gasteiger partial charge in [0.15, 0.2) is 11.6 Å². The van der Waals surface area contributed by atoms with E-state index in [9.17, 15) is 14.4 Å². The average Bonchev–Trinajstić information content (AvgIpc) is 2.82. The molecular formula is C24H23Cl2NO5. The molecule has 0 fully saturated rings. The molecule has 0 spiro atoms. The number of carbonyl (C=O) groups is 3. The lowest BCUT2D eigenvalue weighted by atomic mass is 9.85. The summed E-state index contributed by atoms with van der Waals surface area (Å²) in [4.78, 5) is 40.0. The number of fused-ring (bicyclic) bond motifs is 1. The van der Waals surface area contributed by atoms with Crippen LogP contribution in [-0.4, -0.2) is 56.1 Å². The fourth-order valence-electron chi connectivity index (χ4n) is 3.57. The molecule has 0 amide bonds. The quantitative estimate of drug-likeness (QED) is 0.391. The van der Waals surface area contributed by atoms with Crippen LogP contribution in [0.5, 0.6) is 5.75 Å². The van der Waals surface area contributed by atoms with Gasteiger partial charge in [0.25, 0.3) is 0 Å². The van der Waals surface area contributed by atoms with Gasteiger partial charge in [-0.15, -0.1) is 23.2 Å². The number of halogens is 2. The largest absolute Gasteiger partial charge is 0.495 e. The van der Waals surface area contributed by atoms with Crippen LogP contribution < -0.4 is 9.64 Å². The van der Waals surface area contributed by atoms with Crippen LogP contribution in [0.4, 0.5) is 5.69 Å². The van der Waals surface area contributed by atoms with Crippen LogP contribution in [0.1, 0.15) is 38.0 Å². The molecule has 2 aromatic rings. The highest BCUT2D eigenvalue weighted by Gasteiger charge is 2.30. The number of carbonyl (C=O) groups excluding carboxylic acids is 3. The molecule has 0 N–H and O–H groups in total. The molecule has 1 aliphatic rings. The van der Waals surface area contributed by atoms with Crippen molar-refractivity contribution < 1.29 is 23.9 Å². The van der Waals surface area contributed by atoms with E-state index in [0.29, 0.717) is 41.7 Å². The average molecular weight is 476 g/mol. The first-order valence-corrected chi connectivity index (χ1v) is 11.1. The third kappa shape index (κ3) is 4.81. The Balaban J connectivity index is 1.78. The van der Waals surface area contributed by atoms with Crippen molar-refractivity contribution in [3.8, 4) is 5.75 Å². The summed E-state index contributed by atoms with van der Waals surface area (Å²) >= 11 is 11.8. The van der Waals surface area contributed by atoms with E-state index < -0.39 is 5.97 Å². The molecule has 2 aromatic carbocycles. The summed E-state index contributed by atoms with van der Waals surface area (Å²) in [5.74, 6) is 0.119. The molecule has 6 nitrogen and oxygen atoms in total. The standard InChI is InChI=1S/C24H23Cl2NO5/c1-15-19(23(29)18-6-4-3-5-17(18)22(15)28)14-32-24(30)16-7-8-20(21(13-16)31-2)27(11-9-25)12-10-26/h3-8,13H,9-12,14H2,1-2H3. The van der Waals surface area contributed by atoms with Crippen LogP contribution in [0, 0.1) is 0 Å². The van der Waals surface area contributed by atoms with Crippen molar-refractivity contribution in [3.63, 3.8) is 0 Å². The molecule has 0 heterocycles. The third-order valence-electron chi connectivity index (χ3n) is 5.30. The summed E-state index contributed by atoms with van der Waals surface area (Å²) < 4.78 is 10.8. The smallest absolute Gasteiger partial charge is 0.338 e. The maximum atomic E-state index is 12.8. The Hall–Kier alpha value is -2.83. The molecule has 0 saturated carbocycles. The number of rotatable bonds is 9. The number of esters is 1. The van der Waals surface area contributed by atoms with Crippen molar-refractivity contribution in [1.82, 2.24) is 0 Å². The topological polar surface area (TPSA) is 72.9 Å². The Morgan fingerprint density at radius 3 is 2.19 bits per heavy atom. The number of benzene rings is 2. The van der Waals surface area contributed by atoms with Crippen molar-refractivity contribution in [3.05, 3.63) is 70.3 Å². The van der Waals surface area contributed by atoms with Crippen LogP contribution in [0.3, 0.4) is 0 Å². The van der Waals surface area contributed by atoms with Gasteiger partial charge in [-0.3, -0.25) is 9.59 Å². The fraction of sp³-hybridized carbons (Fsp3) is 0.292. The van der Waals surface area contributed by atoms with Gasteiger partial charge in [-0.25, -0.2) is 4.79 Å². The van der Waals surface area contributed by atoms with Crippen molar-refractivity contribution in [2.24, 2.45) is 0 Å². The number of alkyl halides is 2. The van der Waals surface area contributed by atoms with E-state index in [1.807, 2.05) is 4.90 Å². The minimum atomic E-state index is -0.629. The highest BCUT2D eigenvalue weighted by Crippen LogP contribution is 2.30. The van der Waals surface area contributed by atoms with E-state index in [2.05, 4.69) is 0 Å². The zero-order valence-corrected chi connectivity index (χ0v) is 19.3. The predicted molar refractivity (Wildman–Crippen MR) is 125 cm³/mol. The molecular weight excluding hydrogens is 453 g/mol. The third-order valence-corrected chi connectivity index (χ3v) is 5.63. The maximum Gasteiger partial charge on any atom is 0.338 e. The number of nitrogens with zero attached hydrogens (tertiary/aromatic N) is 1. The lowest BCUT2D eigenvalue weighted by Gasteiger charge is -2.25. The van der Waals surface area contributed by atoms with Gasteiger partial charge in [0.2, 0.25) is 0 Å². The van der Waals surface area contributed by atoms with Gasteiger partial charge in [-0.2, -0.15) is 0 Å². The van der Waals surface area contributed by atoms with Crippen molar-refractivity contribution in [2.45, 2.75) is 6.92 Å². The van der Waals surface area contributed by atoms with Gasteiger partial charge in [0, 0.05) is 47.1 Å². The Bertz CT molecular complexity index is 1070. The summed E-state index contributed by atoms with van der Waals surface area (Å²) in [5, 5.41) is 0. The van der Waals surface area contributed by atoms with Crippen LogP contribution in [-0.2, 0) is 4.74 Å². The lowest BCUT2D eigenvalue weighted by Crippen LogP contribution is -2.28. The molecule has 8 heteroatoms. The van der Waals surface area contributed by atoms with E-state index >= 15 is 0 Å². The molecule has 168 valence electrons. The number of ketones is 2. The molecule has 1 aliphatic carbocycles. The summed E-state index contributed by atoms with van der Waals surface area (Å²) in [7, 11) is 1.51. The van der Waals surface area contributed by atoms with Gasteiger partial charge in [-0.1, -0.05) is 24.3 Å². The second-order valence-corrected chi connectivity index (χ2v) is 7.89. The first-order valence-electron chi connectivity index (χ1n) is 10.0. The first-order chi connectivity index (χ1) is 15.4. The zero-order valence-electron chi connectivity index (χ0n) is 17.8. The van der Waals surface area contributed by atoms with E-state index in [-0.39, 0.29) is 34.9 Å². The SMILES string of the molecule is COc1cc(C(=O)OCC2=C(C)C(=O)c3ccccc3C2=O)ccc1N(CCCl)CCCl. The van der Waals surface area contributed by atoms with E-state index in [1.54, 1.807) is 49.4 Å². The summed E-state index contributed by atoms with van der Waals surface area (Å²) in [6.45, 7) is 2.41.